The van der Waals surface area contributed by atoms with Crippen LogP contribution in [-0.2, 0) is 26.2 Å². The van der Waals surface area contributed by atoms with E-state index in [1.807, 2.05) is 20.8 Å². The summed E-state index contributed by atoms with van der Waals surface area (Å²) in [6.45, 7) is 6.88. The van der Waals surface area contributed by atoms with Gasteiger partial charge >= 0.3 is 0 Å². The summed E-state index contributed by atoms with van der Waals surface area (Å²) < 4.78 is 43.1. The fourth-order valence-electron chi connectivity index (χ4n) is 3.92. The van der Waals surface area contributed by atoms with E-state index in [-0.39, 0.29) is 17.0 Å². The minimum absolute atomic E-state index is 0.0282. The Morgan fingerprint density at radius 2 is 1.61 bits per heavy atom. The van der Waals surface area contributed by atoms with Gasteiger partial charge in [0.1, 0.15) is 18.4 Å². The maximum atomic E-state index is 14.6. The molecule has 3 aromatic rings. The highest BCUT2D eigenvalue weighted by molar-refractivity contribution is 7.92. The van der Waals surface area contributed by atoms with Crippen LogP contribution >= 0.6 is 0 Å². The first-order valence-electron chi connectivity index (χ1n) is 12.5. The molecule has 38 heavy (non-hydrogen) atoms. The lowest BCUT2D eigenvalue weighted by Gasteiger charge is -2.32. The minimum Gasteiger partial charge on any atom is -0.354 e. The molecule has 0 spiro atoms. The number of aryl methyl sites for hydroxylation is 2. The predicted molar refractivity (Wildman–Crippen MR) is 147 cm³/mol. The average molecular weight is 540 g/mol. The van der Waals surface area contributed by atoms with Gasteiger partial charge in [-0.3, -0.25) is 13.9 Å². The summed E-state index contributed by atoms with van der Waals surface area (Å²) >= 11 is 0. The van der Waals surface area contributed by atoms with Gasteiger partial charge in [0.05, 0.1) is 10.6 Å². The number of amides is 2. The van der Waals surface area contributed by atoms with Gasteiger partial charge < -0.3 is 10.2 Å². The molecule has 3 rings (SSSR count). The maximum Gasteiger partial charge on any atom is 0.264 e. The number of carbonyl (C=O) groups excluding carboxylic acids is 2. The van der Waals surface area contributed by atoms with Crippen LogP contribution in [0.5, 0.6) is 0 Å². The van der Waals surface area contributed by atoms with E-state index in [4.69, 9.17) is 0 Å². The Kier molecular flexibility index (Phi) is 9.63. The van der Waals surface area contributed by atoms with Crippen molar-refractivity contribution >= 4 is 27.5 Å². The number of benzene rings is 3. The van der Waals surface area contributed by atoms with Crippen molar-refractivity contribution in [1.29, 1.82) is 0 Å². The normalized spacial score (nSPS) is 12.0. The second-order valence-corrected chi connectivity index (χ2v) is 11.0. The molecule has 202 valence electrons. The largest absolute Gasteiger partial charge is 0.354 e. The van der Waals surface area contributed by atoms with Gasteiger partial charge in [0.2, 0.25) is 11.8 Å². The zero-order valence-electron chi connectivity index (χ0n) is 22.1. The first-order valence-corrected chi connectivity index (χ1v) is 14.0. The molecule has 7 nitrogen and oxygen atoms in total. The fraction of sp³-hybridized carbons (Fsp3) is 0.310. The molecule has 9 heteroatoms. The fourth-order valence-corrected chi connectivity index (χ4v) is 5.34. The van der Waals surface area contributed by atoms with Crippen LogP contribution in [0.1, 0.15) is 37.0 Å². The summed E-state index contributed by atoms with van der Waals surface area (Å²) in [5.74, 6) is -1.56. The van der Waals surface area contributed by atoms with E-state index in [1.54, 1.807) is 49.4 Å². The Morgan fingerprint density at radius 3 is 2.24 bits per heavy atom. The third-order valence-corrected chi connectivity index (χ3v) is 8.19. The summed E-state index contributed by atoms with van der Waals surface area (Å²) in [6, 6.07) is 18.0. The zero-order chi connectivity index (χ0) is 27.9. The van der Waals surface area contributed by atoms with E-state index in [0.717, 1.165) is 15.4 Å². The van der Waals surface area contributed by atoms with Gasteiger partial charge in [-0.1, -0.05) is 49.4 Å². The first kappa shape index (κ1) is 28.8. The van der Waals surface area contributed by atoms with Gasteiger partial charge in [0.25, 0.3) is 10.0 Å². The second kappa shape index (κ2) is 12.7. The lowest BCUT2D eigenvalue weighted by molar-refractivity contribution is -0.139. The van der Waals surface area contributed by atoms with Gasteiger partial charge in [-0.2, -0.15) is 0 Å². The molecule has 0 saturated carbocycles. The molecule has 0 unspecified atom stereocenters. The van der Waals surface area contributed by atoms with Crippen molar-refractivity contribution in [2.24, 2.45) is 0 Å². The van der Waals surface area contributed by atoms with Crippen LogP contribution in [0, 0.1) is 19.7 Å². The van der Waals surface area contributed by atoms with Gasteiger partial charge in [0.15, 0.2) is 0 Å². The topological polar surface area (TPSA) is 86.8 Å². The molecule has 2 amide bonds. The van der Waals surface area contributed by atoms with Crippen molar-refractivity contribution in [2.45, 2.75) is 51.6 Å². The lowest BCUT2D eigenvalue weighted by atomic mass is 10.1. The molecule has 0 aliphatic rings. The van der Waals surface area contributed by atoms with Crippen molar-refractivity contribution < 1.29 is 22.4 Å². The molecule has 0 aliphatic carbocycles. The molecule has 0 aliphatic heterocycles. The number of rotatable bonds is 11. The highest BCUT2D eigenvalue weighted by atomic mass is 32.2. The van der Waals surface area contributed by atoms with Crippen molar-refractivity contribution in [3.05, 3.63) is 95.3 Å². The number of halogens is 1. The van der Waals surface area contributed by atoms with Crippen LogP contribution < -0.4 is 9.62 Å². The Bertz CT molecular complexity index is 1380. The molecule has 1 N–H and O–H groups in total. The molecular weight excluding hydrogens is 505 g/mol. The van der Waals surface area contributed by atoms with Crippen LogP contribution in [0.25, 0.3) is 0 Å². The zero-order valence-corrected chi connectivity index (χ0v) is 23.0. The molecule has 0 fully saturated rings. The third-order valence-electron chi connectivity index (χ3n) is 6.40. The quantitative estimate of drug-likeness (QED) is 0.387. The molecule has 1 atom stereocenters. The van der Waals surface area contributed by atoms with Crippen LogP contribution in [-0.4, -0.2) is 44.3 Å². The van der Waals surface area contributed by atoms with Crippen molar-refractivity contribution in [1.82, 2.24) is 10.2 Å². The third kappa shape index (κ3) is 6.77. The molecule has 0 aromatic heterocycles. The van der Waals surface area contributed by atoms with Gasteiger partial charge in [-0.05, 0) is 68.7 Å². The van der Waals surface area contributed by atoms with Crippen LogP contribution in [0.15, 0.2) is 77.7 Å². The highest BCUT2D eigenvalue weighted by Gasteiger charge is 2.32. The SMILES string of the molecule is CCCNC(=O)[C@@H](C)N(Cc1ccccc1F)C(=O)CN(c1ccc(C)c(C)c1)S(=O)(=O)c1ccccc1. The van der Waals surface area contributed by atoms with E-state index in [0.29, 0.717) is 18.7 Å². The Balaban J connectivity index is 2.04. The summed E-state index contributed by atoms with van der Waals surface area (Å²) in [7, 11) is -4.14. The number of anilines is 1. The lowest BCUT2D eigenvalue weighted by Crippen LogP contribution is -2.51. The first-order chi connectivity index (χ1) is 18.1. The van der Waals surface area contributed by atoms with Gasteiger partial charge in [-0.15, -0.1) is 0 Å². The number of hydrogen-bond acceptors (Lipinski definition) is 4. The Morgan fingerprint density at radius 1 is 0.947 bits per heavy atom. The van der Waals surface area contributed by atoms with Crippen molar-refractivity contribution in [3.8, 4) is 0 Å². The maximum absolute atomic E-state index is 14.6. The molecule has 0 saturated heterocycles. The van der Waals surface area contributed by atoms with Crippen LogP contribution in [0.3, 0.4) is 0 Å². The minimum atomic E-state index is -4.14. The average Bonchev–Trinajstić information content (AvgIpc) is 2.91. The van der Waals surface area contributed by atoms with E-state index in [1.165, 1.54) is 35.2 Å². The van der Waals surface area contributed by atoms with Crippen molar-refractivity contribution in [3.63, 3.8) is 0 Å². The summed E-state index contributed by atoms with van der Waals surface area (Å²) in [5.41, 5.74) is 2.37. The molecule has 0 heterocycles. The van der Waals surface area contributed by atoms with E-state index < -0.39 is 40.2 Å². The van der Waals surface area contributed by atoms with E-state index >= 15 is 0 Å². The number of hydrogen-bond donors (Lipinski definition) is 1. The highest BCUT2D eigenvalue weighted by Crippen LogP contribution is 2.26. The monoisotopic (exact) mass is 539 g/mol. The molecule has 0 radical (unpaired) electrons. The number of carbonyl (C=O) groups is 2. The van der Waals surface area contributed by atoms with Crippen LogP contribution in [0.2, 0.25) is 0 Å². The van der Waals surface area contributed by atoms with Gasteiger partial charge in [-0.25, -0.2) is 12.8 Å². The summed E-state index contributed by atoms with van der Waals surface area (Å²) in [5, 5.41) is 2.76. The smallest absolute Gasteiger partial charge is 0.264 e. The Labute approximate surface area is 224 Å². The number of nitrogens with zero attached hydrogens (tertiary/aromatic N) is 2. The molecule has 0 bridgehead atoms. The van der Waals surface area contributed by atoms with E-state index in [9.17, 15) is 22.4 Å². The summed E-state index contributed by atoms with van der Waals surface area (Å²) in [4.78, 5) is 27.9. The van der Waals surface area contributed by atoms with Crippen LogP contribution in [0.4, 0.5) is 10.1 Å². The molecular formula is C29H34FN3O4S. The van der Waals surface area contributed by atoms with Gasteiger partial charge in [0, 0.05) is 18.7 Å². The number of nitrogens with one attached hydrogen (secondary N) is 1. The summed E-state index contributed by atoms with van der Waals surface area (Å²) in [6.07, 6.45) is 0.704. The van der Waals surface area contributed by atoms with E-state index in [2.05, 4.69) is 5.32 Å². The van der Waals surface area contributed by atoms with Crippen molar-refractivity contribution in [2.75, 3.05) is 17.4 Å². The predicted octanol–water partition coefficient (Wildman–Crippen LogP) is 4.58. The molecule has 3 aromatic carbocycles. The Hall–Kier alpha value is -3.72. The second-order valence-electron chi connectivity index (χ2n) is 9.17. The standard InChI is InChI=1S/C29H34FN3O4S/c1-5-17-31-29(35)23(4)32(19-24-11-9-10-14-27(24)30)28(34)20-33(25-16-15-21(2)22(3)18-25)38(36,37)26-12-7-6-8-13-26/h6-16,18,23H,5,17,19-20H2,1-4H3,(H,31,35)/t23-/m1/s1. The number of sulfonamides is 1.